The molecule has 5 nitrogen and oxygen atoms in total. The minimum Gasteiger partial charge on any atom is -0.396 e. The van der Waals surface area contributed by atoms with E-state index in [1.165, 1.54) is 19.2 Å². The summed E-state index contributed by atoms with van der Waals surface area (Å²) >= 11 is 0. The van der Waals surface area contributed by atoms with Crippen molar-refractivity contribution in [2.24, 2.45) is 0 Å². The fraction of sp³-hybridized carbons (Fsp3) is 0.636. The molecule has 1 aromatic rings. The number of hydrogen-bond acceptors (Lipinski definition) is 5. The second kappa shape index (κ2) is 5.12. The van der Waals surface area contributed by atoms with E-state index in [4.69, 9.17) is 10.8 Å². The van der Waals surface area contributed by atoms with Gasteiger partial charge in [0.2, 0.25) is 0 Å². The van der Waals surface area contributed by atoms with Crippen LogP contribution < -0.4 is 10.6 Å². The summed E-state index contributed by atoms with van der Waals surface area (Å²) in [6.07, 6.45) is 5.80. The number of nitrogens with two attached hydrogens (primary N) is 1. The Hall–Kier alpha value is -1.36. The van der Waals surface area contributed by atoms with Crippen molar-refractivity contribution in [2.45, 2.75) is 31.7 Å². The Morgan fingerprint density at radius 3 is 3.06 bits per heavy atom. The Labute approximate surface area is 95.3 Å². The third kappa shape index (κ3) is 2.41. The third-order valence-corrected chi connectivity index (χ3v) is 3.06. The van der Waals surface area contributed by atoms with E-state index in [1.54, 1.807) is 6.07 Å². The van der Waals surface area contributed by atoms with Crippen LogP contribution in [0.2, 0.25) is 0 Å². The number of nitrogens with zero attached hydrogens (tertiary/aromatic N) is 3. The lowest BCUT2D eigenvalue weighted by molar-refractivity contribution is 0.262. The predicted octanol–water partition coefficient (Wildman–Crippen LogP) is 0.800. The number of anilines is 2. The fourth-order valence-corrected chi connectivity index (χ4v) is 2.27. The Bertz CT molecular complexity index is 343. The fourth-order valence-electron chi connectivity index (χ4n) is 2.27. The molecule has 1 unspecified atom stereocenters. The summed E-state index contributed by atoms with van der Waals surface area (Å²) in [7, 11) is 0. The highest BCUT2D eigenvalue weighted by Crippen LogP contribution is 2.25. The van der Waals surface area contributed by atoms with Gasteiger partial charge in [-0.15, -0.1) is 0 Å². The molecule has 3 N–H and O–H groups in total. The Morgan fingerprint density at radius 2 is 2.31 bits per heavy atom. The maximum Gasteiger partial charge on any atom is 0.134 e. The van der Waals surface area contributed by atoms with Crippen LogP contribution in [0.3, 0.4) is 0 Å². The van der Waals surface area contributed by atoms with Gasteiger partial charge < -0.3 is 15.7 Å². The first-order valence-corrected chi connectivity index (χ1v) is 5.76. The van der Waals surface area contributed by atoms with Crippen LogP contribution in [0.5, 0.6) is 0 Å². The lowest BCUT2D eigenvalue weighted by atomic mass is 10.00. The second-order valence-electron chi connectivity index (χ2n) is 4.16. The molecular weight excluding hydrogens is 204 g/mol. The average Bonchev–Trinajstić information content (AvgIpc) is 2.30. The summed E-state index contributed by atoms with van der Waals surface area (Å²) < 4.78 is 0. The first kappa shape index (κ1) is 11.1. The first-order chi connectivity index (χ1) is 7.81. The minimum absolute atomic E-state index is 0.224. The third-order valence-electron chi connectivity index (χ3n) is 3.06. The van der Waals surface area contributed by atoms with Crippen molar-refractivity contribution in [2.75, 3.05) is 23.8 Å². The van der Waals surface area contributed by atoms with Crippen molar-refractivity contribution in [3.05, 3.63) is 12.4 Å². The molecule has 0 amide bonds. The smallest absolute Gasteiger partial charge is 0.134 e. The zero-order chi connectivity index (χ0) is 11.4. The van der Waals surface area contributed by atoms with Crippen molar-refractivity contribution < 1.29 is 5.11 Å². The van der Waals surface area contributed by atoms with Crippen molar-refractivity contribution in [1.29, 1.82) is 0 Å². The molecule has 16 heavy (non-hydrogen) atoms. The summed E-state index contributed by atoms with van der Waals surface area (Å²) in [5, 5.41) is 9.05. The molecule has 1 saturated heterocycles. The van der Waals surface area contributed by atoms with Gasteiger partial charge in [0.05, 0.1) is 0 Å². The van der Waals surface area contributed by atoms with Gasteiger partial charge in [0.1, 0.15) is 18.0 Å². The van der Waals surface area contributed by atoms with Gasteiger partial charge in [-0.2, -0.15) is 0 Å². The number of aliphatic hydroxyl groups is 1. The van der Waals surface area contributed by atoms with Crippen LogP contribution in [-0.4, -0.2) is 34.3 Å². The van der Waals surface area contributed by atoms with Crippen molar-refractivity contribution >= 4 is 11.6 Å². The highest BCUT2D eigenvalue weighted by Gasteiger charge is 2.23. The quantitative estimate of drug-likeness (QED) is 0.791. The van der Waals surface area contributed by atoms with E-state index in [0.717, 1.165) is 25.2 Å². The minimum atomic E-state index is 0.224. The molecule has 0 bridgehead atoms. The monoisotopic (exact) mass is 222 g/mol. The number of aliphatic hydroxyl groups excluding tert-OH is 1. The molecule has 0 spiro atoms. The van der Waals surface area contributed by atoms with E-state index >= 15 is 0 Å². The molecule has 0 saturated carbocycles. The molecule has 0 aliphatic carbocycles. The van der Waals surface area contributed by atoms with Gasteiger partial charge in [0.25, 0.3) is 0 Å². The molecular formula is C11H18N4O. The molecule has 5 heteroatoms. The molecule has 0 aromatic carbocycles. The maximum absolute atomic E-state index is 9.05. The number of nitrogen functional groups attached to an aromatic ring is 1. The van der Waals surface area contributed by atoms with E-state index in [0.29, 0.717) is 11.9 Å². The highest BCUT2D eigenvalue weighted by molar-refractivity contribution is 5.47. The van der Waals surface area contributed by atoms with Crippen LogP contribution in [0.25, 0.3) is 0 Å². The lowest BCUT2D eigenvalue weighted by Crippen LogP contribution is -2.40. The average molecular weight is 222 g/mol. The van der Waals surface area contributed by atoms with E-state index in [-0.39, 0.29) is 6.61 Å². The Kier molecular flexibility index (Phi) is 3.56. The van der Waals surface area contributed by atoms with Crippen molar-refractivity contribution in [1.82, 2.24) is 9.97 Å². The topological polar surface area (TPSA) is 75.3 Å². The van der Waals surface area contributed by atoms with Gasteiger partial charge in [-0.3, -0.25) is 0 Å². The number of rotatable bonds is 3. The summed E-state index contributed by atoms with van der Waals surface area (Å²) in [4.78, 5) is 10.4. The molecule has 1 fully saturated rings. The van der Waals surface area contributed by atoms with Gasteiger partial charge in [0, 0.05) is 25.3 Å². The number of piperidine rings is 1. The lowest BCUT2D eigenvalue weighted by Gasteiger charge is -2.36. The standard InChI is InChI=1S/C11H18N4O/c12-10-7-11(14-8-13-10)15-5-2-1-3-9(15)4-6-16/h7-9,16H,1-6H2,(H2,12,13,14). The Morgan fingerprint density at radius 1 is 1.44 bits per heavy atom. The molecule has 1 atom stereocenters. The summed E-state index contributed by atoms with van der Waals surface area (Å²) in [6.45, 7) is 1.21. The number of hydrogen-bond donors (Lipinski definition) is 2. The van der Waals surface area contributed by atoms with Crippen LogP contribution in [0.15, 0.2) is 12.4 Å². The van der Waals surface area contributed by atoms with Gasteiger partial charge in [-0.05, 0) is 25.7 Å². The SMILES string of the molecule is Nc1cc(N2CCCCC2CCO)ncn1. The van der Waals surface area contributed by atoms with E-state index < -0.39 is 0 Å². The van der Waals surface area contributed by atoms with Gasteiger partial charge >= 0.3 is 0 Å². The Balaban J connectivity index is 2.16. The van der Waals surface area contributed by atoms with Crippen LogP contribution in [-0.2, 0) is 0 Å². The molecule has 88 valence electrons. The molecule has 2 heterocycles. The van der Waals surface area contributed by atoms with E-state index in [1.807, 2.05) is 0 Å². The highest BCUT2D eigenvalue weighted by atomic mass is 16.3. The van der Waals surface area contributed by atoms with E-state index in [9.17, 15) is 0 Å². The van der Waals surface area contributed by atoms with Crippen LogP contribution in [0, 0.1) is 0 Å². The molecule has 1 aliphatic heterocycles. The summed E-state index contributed by atoms with van der Waals surface area (Å²) in [5.74, 6) is 1.38. The van der Waals surface area contributed by atoms with Crippen LogP contribution in [0.1, 0.15) is 25.7 Å². The summed E-state index contributed by atoms with van der Waals surface area (Å²) in [5.41, 5.74) is 5.66. The van der Waals surface area contributed by atoms with Crippen LogP contribution in [0.4, 0.5) is 11.6 Å². The second-order valence-corrected chi connectivity index (χ2v) is 4.16. The van der Waals surface area contributed by atoms with Gasteiger partial charge in [-0.1, -0.05) is 0 Å². The predicted molar refractivity (Wildman–Crippen MR) is 63.1 cm³/mol. The number of aromatic nitrogens is 2. The van der Waals surface area contributed by atoms with Gasteiger partial charge in [0.15, 0.2) is 0 Å². The van der Waals surface area contributed by atoms with Crippen LogP contribution >= 0.6 is 0 Å². The van der Waals surface area contributed by atoms with Crippen molar-refractivity contribution in [3.63, 3.8) is 0 Å². The van der Waals surface area contributed by atoms with E-state index in [2.05, 4.69) is 14.9 Å². The molecule has 0 radical (unpaired) electrons. The largest absolute Gasteiger partial charge is 0.396 e. The normalized spacial score (nSPS) is 21.1. The summed E-state index contributed by atoms with van der Waals surface area (Å²) in [6, 6.07) is 2.18. The molecule has 2 rings (SSSR count). The maximum atomic E-state index is 9.05. The first-order valence-electron chi connectivity index (χ1n) is 5.76. The molecule has 1 aliphatic rings. The zero-order valence-corrected chi connectivity index (χ0v) is 9.34. The molecule has 1 aromatic heterocycles. The van der Waals surface area contributed by atoms with Crippen molar-refractivity contribution in [3.8, 4) is 0 Å². The van der Waals surface area contributed by atoms with Gasteiger partial charge in [-0.25, -0.2) is 9.97 Å². The zero-order valence-electron chi connectivity index (χ0n) is 9.34.